The van der Waals surface area contributed by atoms with Crippen molar-refractivity contribution in [1.82, 2.24) is 0 Å². The van der Waals surface area contributed by atoms with Gasteiger partial charge >= 0.3 is 144 Å². The number of benzene rings is 2. The molecule has 2 aromatic carbocycles. The number of hydrogen-bond acceptors (Lipinski definition) is 2. The molecule has 0 amide bonds. The van der Waals surface area contributed by atoms with Gasteiger partial charge in [0.1, 0.15) is 0 Å². The number of aliphatic hydroxyl groups excluding tert-OH is 2. The molecule has 22 heavy (non-hydrogen) atoms. The molecule has 2 nitrogen and oxygen atoms in total. The molecule has 4 heteroatoms. The van der Waals surface area contributed by atoms with E-state index in [-0.39, 0.29) is 12.2 Å². The molecule has 2 atom stereocenters. The van der Waals surface area contributed by atoms with E-state index in [2.05, 4.69) is 12.1 Å². The average molecular weight is 428 g/mol. The molecule has 118 valence electrons. The third-order valence-corrected chi connectivity index (χ3v) is 10.9. The molecule has 2 aromatic rings. The van der Waals surface area contributed by atoms with Gasteiger partial charge in [-0.15, -0.1) is 0 Å². The molecule has 0 heterocycles. The van der Waals surface area contributed by atoms with Gasteiger partial charge in [0.05, 0.1) is 0 Å². The normalized spacial score (nSPS) is 13.8. The second-order valence-electron chi connectivity index (χ2n) is 5.09. The summed E-state index contributed by atoms with van der Waals surface area (Å²) in [5, 5.41) is 20.3. The zero-order chi connectivity index (χ0) is 15.9. The Morgan fingerprint density at radius 1 is 0.727 bits per heavy atom. The van der Waals surface area contributed by atoms with Crippen molar-refractivity contribution in [3.8, 4) is 0 Å². The Hall–Kier alpha value is -0.601. The monoisotopic (exact) mass is 430 g/mol. The van der Waals surface area contributed by atoms with Crippen LogP contribution in [-0.4, -0.2) is 36.5 Å². The predicted octanol–water partition coefficient (Wildman–Crippen LogP) is 1.85. The summed E-state index contributed by atoms with van der Waals surface area (Å²) in [6, 6.07) is 16.4. The van der Waals surface area contributed by atoms with Crippen LogP contribution >= 0.6 is 0 Å². The Bertz CT molecular complexity index is 548. The number of rotatable bonds is 7. The maximum absolute atomic E-state index is 10.2. The van der Waals surface area contributed by atoms with E-state index in [1.54, 1.807) is 0 Å². The maximum atomic E-state index is 10.2. The zero-order valence-electron chi connectivity index (χ0n) is 12.9. The molecule has 0 saturated carbocycles. The van der Waals surface area contributed by atoms with E-state index in [1.165, 1.54) is 8.92 Å². The number of aliphatic hydroxyl groups is 2. The molecular weight excluding hydrogens is 406 g/mol. The second-order valence-corrected chi connectivity index (χ2v) is 11.3. The van der Waals surface area contributed by atoms with E-state index in [0.717, 1.165) is 24.0 Å². The summed E-state index contributed by atoms with van der Waals surface area (Å²) in [6.45, 7) is 4.01. The van der Waals surface area contributed by atoms with Crippen LogP contribution in [0, 0.1) is 0 Å². The van der Waals surface area contributed by atoms with E-state index in [4.69, 9.17) is 0 Å². The van der Waals surface area contributed by atoms with Crippen LogP contribution in [0.4, 0.5) is 0 Å². The van der Waals surface area contributed by atoms with Crippen LogP contribution in [0.3, 0.4) is 0 Å². The predicted molar refractivity (Wildman–Crippen MR) is 94.2 cm³/mol. The van der Waals surface area contributed by atoms with Crippen molar-refractivity contribution in [2.24, 2.45) is 0 Å². The van der Waals surface area contributed by atoms with Gasteiger partial charge in [0.2, 0.25) is 0 Å². The van der Waals surface area contributed by atoms with Crippen LogP contribution < -0.4 is 8.92 Å². The van der Waals surface area contributed by atoms with Gasteiger partial charge in [-0.25, -0.2) is 0 Å². The first kappa shape index (κ1) is 17.7. The second kappa shape index (κ2) is 8.88. The third-order valence-electron chi connectivity index (χ3n) is 3.55. The average Bonchev–Trinajstić information content (AvgIpc) is 2.59. The van der Waals surface area contributed by atoms with Crippen LogP contribution in [-0.2, 0) is 0 Å². The van der Waals surface area contributed by atoms with Gasteiger partial charge in [-0.1, -0.05) is 0 Å². The summed E-state index contributed by atoms with van der Waals surface area (Å²) in [5.41, 5.74) is 2.14. The topological polar surface area (TPSA) is 40.5 Å². The van der Waals surface area contributed by atoms with Gasteiger partial charge in [0.25, 0.3) is 0 Å². The van der Waals surface area contributed by atoms with Gasteiger partial charge in [-0.2, -0.15) is 0 Å². The summed E-state index contributed by atoms with van der Waals surface area (Å²) in [5.74, 6) is 0. The van der Waals surface area contributed by atoms with Crippen molar-refractivity contribution in [3.63, 3.8) is 0 Å². The molecular formula is C18H22O2Se2. The van der Waals surface area contributed by atoms with Crippen molar-refractivity contribution in [2.75, 3.05) is 0 Å². The van der Waals surface area contributed by atoms with Gasteiger partial charge in [-0.3, -0.25) is 0 Å². The van der Waals surface area contributed by atoms with Crippen LogP contribution in [0.25, 0.3) is 0 Å². The fourth-order valence-corrected chi connectivity index (χ4v) is 9.66. The first-order valence-corrected chi connectivity index (χ1v) is 13.6. The van der Waals surface area contributed by atoms with E-state index in [0.29, 0.717) is 26.3 Å². The van der Waals surface area contributed by atoms with Crippen molar-refractivity contribution >= 4 is 35.2 Å². The molecule has 0 radical (unpaired) electrons. The molecule has 0 aliphatic rings. The van der Waals surface area contributed by atoms with E-state index < -0.39 is 0 Å². The van der Waals surface area contributed by atoms with E-state index in [1.807, 2.05) is 50.2 Å². The fourth-order valence-electron chi connectivity index (χ4n) is 2.19. The standard InChI is InChI=1S/C18H22O2Se2/c1-3-15(19)13-9-5-7-11-17(13)21-22-18-12-8-6-10-14(18)16(20)4-2/h5-12,15-16,19-20H,3-4H2,1-2H3/t15-,16-/m0/s1. The SMILES string of the molecule is CC[C@H](O)c1ccccc1[Se][Se]c1ccccc1[C@@H](O)CC. The molecule has 0 saturated heterocycles. The minimum absolute atomic E-state index is 0.309. The van der Waals surface area contributed by atoms with Crippen molar-refractivity contribution < 1.29 is 10.2 Å². The summed E-state index contributed by atoms with van der Waals surface area (Å²) in [4.78, 5) is 0. The summed E-state index contributed by atoms with van der Waals surface area (Å²) < 4.78 is 2.57. The van der Waals surface area contributed by atoms with Crippen LogP contribution in [0.5, 0.6) is 0 Å². The molecule has 0 aromatic heterocycles. The van der Waals surface area contributed by atoms with Gasteiger partial charge in [-0.05, 0) is 0 Å². The minimum atomic E-state index is -0.370. The molecule has 0 fully saturated rings. The first-order chi connectivity index (χ1) is 10.7. The molecule has 2 rings (SSSR count). The Labute approximate surface area is 143 Å². The van der Waals surface area contributed by atoms with Crippen LogP contribution in [0.1, 0.15) is 50.0 Å². The van der Waals surface area contributed by atoms with Crippen molar-refractivity contribution in [3.05, 3.63) is 59.7 Å². The van der Waals surface area contributed by atoms with Crippen LogP contribution in [0.2, 0.25) is 0 Å². The first-order valence-electron chi connectivity index (χ1n) is 7.55. The van der Waals surface area contributed by atoms with Crippen molar-refractivity contribution in [2.45, 2.75) is 38.9 Å². The Morgan fingerprint density at radius 2 is 1.09 bits per heavy atom. The molecule has 0 bridgehead atoms. The summed E-state index contributed by atoms with van der Waals surface area (Å²) in [7, 11) is 0. The summed E-state index contributed by atoms with van der Waals surface area (Å²) in [6.07, 6.45) is 0.743. The summed E-state index contributed by atoms with van der Waals surface area (Å²) >= 11 is 0.618. The fraction of sp³-hybridized carbons (Fsp3) is 0.333. The van der Waals surface area contributed by atoms with Crippen LogP contribution in [0.15, 0.2) is 48.5 Å². The quantitative estimate of drug-likeness (QED) is 0.662. The van der Waals surface area contributed by atoms with Gasteiger partial charge in [0, 0.05) is 0 Å². The Kier molecular flexibility index (Phi) is 7.17. The molecule has 0 unspecified atom stereocenters. The van der Waals surface area contributed by atoms with Crippen molar-refractivity contribution in [1.29, 1.82) is 0 Å². The molecule has 0 aliphatic carbocycles. The van der Waals surface area contributed by atoms with Gasteiger partial charge < -0.3 is 0 Å². The Morgan fingerprint density at radius 3 is 1.45 bits per heavy atom. The van der Waals surface area contributed by atoms with E-state index >= 15 is 0 Å². The number of hydrogen-bond donors (Lipinski definition) is 2. The third kappa shape index (κ3) is 4.45. The molecule has 0 aliphatic heterocycles. The van der Waals surface area contributed by atoms with Gasteiger partial charge in [0.15, 0.2) is 0 Å². The molecule has 2 N–H and O–H groups in total. The Balaban J connectivity index is 2.18. The van der Waals surface area contributed by atoms with E-state index in [9.17, 15) is 10.2 Å². The molecule has 0 spiro atoms. The zero-order valence-corrected chi connectivity index (χ0v) is 16.3.